The Kier molecular flexibility index (Phi) is 2.11. The average Bonchev–Trinajstić information content (AvgIpc) is 2.13. The number of carbonyl (C=O) groups is 1. The highest BCUT2D eigenvalue weighted by molar-refractivity contribution is 5.64. The standard InChI is InChI=1S/C6H11N2O2/c1-8-3-2-5(4-8)10-6(7)9/h3,5H,2,4H2,1H3,(H2,7,9). The molecule has 1 unspecified atom stereocenters. The third-order valence-electron chi connectivity index (χ3n) is 1.45. The van der Waals surface area contributed by atoms with Gasteiger partial charge in [-0.25, -0.2) is 4.79 Å². The van der Waals surface area contributed by atoms with Crippen LogP contribution in [-0.4, -0.2) is 30.7 Å². The Morgan fingerprint density at radius 2 is 2.60 bits per heavy atom. The van der Waals surface area contributed by atoms with Crippen molar-refractivity contribution in [3.8, 4) is 0 Å². The van der Waals surface area contributed by atoms with Gasteiger partial charge in [-0.3, -0.25) is 4.90 Å². The van der Waals surface area contributed by atoms with Crippen LogP contribution in [0.2, 0.25) is 0 Å². The normalized spacial score (nSPS) is 26.7. The van der Waals surface area contributed by atoms with E-state index in [1.54, 1.807) is 0 Å². The van der Waals surface area contributed by atoms with Gasteiger partial charge in [0.25, 0.3) is 0 Å². The molecular weight excluding hydrogens is 132 g/mol. The Labute approximate surface area is 59.9 Å². The molecule has 0 bridgehead atoms. The average molecular weight is 143 g/mol. The fraction of sp³-hybridized carbons (Fsp3) is 0.667. The van der Waals surface area contributed by atoms with Gasteiger partial charge in [-0.15, -0.1) is 0 Å². The lowest BCUT2D eigenvalue weighted by Gasteiger charge is -2.08. The molecule has 0 aromatic carbocycles. The van der Waals surface area contributed by atoms with Gasteiger partial charge in [0, 0.05) is 19.5 Å². The molecule has 2 N–H and O–H groups in total. The molecule has 4 heteroatoms. The number of amides is 1. The van der Waals surface area contributed by atoms with Crippen LogP contribution in [0, 0.1) is 6.54 Å². The number of nitrogens with zero attached hydrogens (tertiary/aromatic N) is 1. The number of hydrogen-bond acceptors (Lipinski definition) is 3. The molecule has 1 radical (unpaired) electrons. The fourth-order valence-corrected chi connectivity index (χ4v) is 1.02. The van der Waals surface area contributed by atoms with E-state index in [0.717, 1.165) is 13.0 Å². The molecule has 1 saturated heterocycles. The summed E-state index contributed by atoms with van der Waals surface area (Å²) in [6, 6.07) is 0. The number of rotatable bonds is 1. The Bertz CT molecular complexity index is 138. The predicted octanol–water partition coefficient (Wildman–Crippen LogP) is -0.0524. The molecule has 1 aliphatic rings. The lowest BCUT2D eigenvalue weighted by atomic mass is 10.3. The Balaban J connectivity index is 2.24. The van der Waals surface area contributed by atoms with Crippen LogP contribution in [0.15, 0.2) is 0 Å². The molecule has 0 aromatic heterocycles. The van der Waals surface area contributed by atoms with Crippen molar-refractivity contribution >= 4 is 6.09 Å². The van der Waals surface area contributed by atoms with Gasteiger partial charge in [0.2, 0.25) is 0 Å². The number of carbonyl (C=O) groups excluding carboxylic acids is 1. The molecule has 10 heavy (non-hydrogen) atoms. The minimum absolute atomic E-state index is 0.0394. The highest BCUT2D eigenvalue weighted by atomic mass is 16.6. The first-order valence-corrected chi connectivity index (χ1v) is 3.18. The lowest BCUT2D eigenvalue weighted by Crippen LogP contribution is -2.25. The van der Waals surface area contributed by atoms with Crippen LogP contribution in [0.25, 0.3) is 0 Å². The Morgan fingerprint density at radius 3 is 3.00 bits per heavy atom. The molecule has 1 amide bonds. The van der Waals surface area contributed by atoms with E-state index in [9.17, 15) is 4.79 Å². The van der Waals surface area contributed by atoms with Crippen molar-refractivity contribution in [2.75, 3.05) is 13.6 Å². The molecule has 0 aromatic rings. The van der Waals surface area contributed by atoms with Gasteiger partial charge in [0.05, 0.1) is 0 Å². The van der Waals surface area contributed by atoms with Crippen molar-refractivity contribution in [1.82, 2.24) is 4.90 Å². The summed E-state index contributed by atoms with van der Waals surface area (Å²) in [6.07, 6.45) is 0.0515. The van der Waals surface area contributed by atoms with E-state index in [2.05, 4.69) is 0 Å². The van der Waals surface area contributed by atoms with Gasteiger partial charge in [-0.1, -0.05) is 0 Å². The highest BCUT2D eigenvalue weighted by Crippen LogP contribution is 2.13. The summed E-state index contributed by atoms with van der Waals surface area (Å²) < 4.78 is 4.75. The molecule has 0 aliphatic carbocycles. The first kappa shape index (κ1) is 7.34. The first-order valence-electron chi connectivity index (χ1n) is 3.18. The summed E-state index contributed by atoms with van der Waals surface area (Å²) in [5.74, 6) is 0. The molecule has 1 aliphatic heterocycles. The van der Waals surface area contributed by atoms with Gasteiger partial charge in [-0.05, 0) is 7.05 Å². The maximum absolute atomic E-state index is 10.2. The van der Waals surface area contributed by atoms with Gasteiger partial charge < -0.3 is 10.5 Å². The molecule has 1 rings (SSSR count). The van der Waals surface area contributed by atoms with E-state index >= 15 is 0 Å². The number of ether oxygens (including phenoxy) is 1. The first-order chi connectivity index (χ1) is 4.68. The SMILES string of the molecule is CN1[CH]CC(OC(N)=O)C1. The van der Waals surface area contributed by atoms with E-state index in [0.29, 0.717) is 0 Å². The van der Waals surface area contributed by atoms with Crippen molar-refractivity contribution in [2.45, 2.75) is 12.5 Å². The van der Waals surface area contributed by atoms with Crippen LogP contribution in [0.4, 0.5) is 4.79 Å². The van der Waals surface area contributed by atoms with E-state index in [1.807, 2.05) is 18.5 Å². The van der Waals surface area contributed by atoms with Crippen LogP contribution >= 0.6 is 0 Å². The molecule has 0 saturated carbocycles. The van der Waals surface area contributed by atoms with Gasteiger partial charge >= 0.3 is 6.09 Å². The molecule has 1 heterocycles. The van der Waals surface area contributed by atoms with Crippen molar-refractivity contribution in [2.24, 2.45) is 5.73 Å². The van der Waals surface area contributed by atoms with Crippen LogP contribution in [0.5, 0.6) is 0 Å². The third kappa shape index (κ3) is 1.88. The third-order valence-corrected chi connectivity index (χ3v) is 1.45. The van der Waals surface area contributed by atoms with Crippen LogP contribution < -0.4 is 5.73 Å². The lowest BCUT2D eigenvalue weighted by molar-refractivity contribution is 0.111. The smallest absolute Gasteiger partial charge is 0.404 e. The second-order valence-electron chi connectivity index (χ2n) is 2.42. The summed E-state index contributed by atoms with van der Waals surface area (Å²) in [6.45, 7) is 2.73. The van der Waals surface area contributed by atoms with Crippen molar-refractivity contribution in [1.29, 1.82) is 0 Å². The molecule has 1 atom stereocenters. The summed E-state index contributed by atoms with van der Waals surface area (Å²) in [7, 11) is 1.93. The van der Waals surface area contributed by atoms with Gasteiger partial charge in [-0.2, -0.15) is 0 Å². The molecular formula is C6H11N2O2. The number of likely N-dealkylation sites (tertiary alicyclic amines) is 1. The minimum Gasteiger partial charge on any atom is -0.445 e. The molecule has 4 nitrogen and oxygen atoms in total. The maximum Gasteiger partial charge on any atom is 0.404 e. The number of likely N-dealkylation sites (N-methyl/N-ethyl adjacent to an activating group) is 1. The van der Waals surface area contributed by atoms with Crippen LogP contribution in [0.1, 0.15) is 6.42 Å². The predicted molar refractivity (Wildman–Crippen MR) is 36.0 cm³/mol. The summed E-state index contributed by atoms with van der Waals surface area (Å²) in [5, 5.41) is 0. The fourth-order valence-electron chi connectivity index (χ4n) is 1.02. The second kappa shape index (κ2) is 2.88. The minimum atomic E-state index is -0.686. The Morgan fingerprint density at radius 1 is 1.90 bits per heavy atom. The van der Waals surface area contributed by atoms with E-state index in [4.69, 9.17) is 10.5 Å². The zero-order valence-corrected chi connectivity index (χ0v) is 5.91. The molecule has 1 fully saturated rings. The monoisotopic (exact) mass is 143 g/mol. The highest BCUT2D eigenvalue weighted by Gasteiger charge is 2.21. The second-order valence-corrected chi connectivity index (χ2v) is 2.42. The maximum atomic E-state index is 10.2. The van der Waals surface area contributed by atoms with Gasteiger partial charge in [0.1, 0.15) is 6.10 Å². The van der Waals surface area contributed by atoms with Crippen LogP contribution in [0.3, 0.4) is 0 Å². The zero-order valence-electron chi connectivity index (χ0n) is 5.91. The van der Waals surface area contributed by atoms with E-state index in [1.165, 1.54) is 0 Å². The summed E-state index contributed by atoms with van der Waals surface area (Å²) in [4.78, 5) is 12.2. The van der Waals surface area contributed by atoms with E-state index in [-0.39, 0.29) is 6.10 Å². The van der Waals surface area contributed by atoms with Crippen molar-refractivity contribution in [3.05, 3.63) is 6.54 Å². The molecule has 57 valence electrons. The summed E-state index contributed by atoms with van der Waals surface area (Å²) >= 11 is 0. The number of nitrogens with two attached hydrogens (primary N) is 1. The van der Waals surface area contributed by atoms with Crippen LogP contribution in [-0.2, 0) is 4.74 Å². The topological polar surface area (TPSA) is 55.6 Å². The quantitative estimate of drug-likeness (QED) is 0.559. The largest absolute Gasteiger partial charge is 0.445 e. The van der Waals surface area contributed by atoms with Crippen molar-refractivity contribution < 1.29 is 9.53 Å². The number of hydrogen-bond donors (Lipinski definition) is 1. The molecule has 0 spiro atoms. The zero-order chi connectivity index (χ0) is 7.56. The van der Waals surface area contributed by atoms with Crippen molar-refractivity contribution in [3.63, 3.8) is 0 Å². The van der Waals surface area contributed by atoms with Gasteiger partial charge in [0.15, 0.2) is 0 Å². The van der Waals surface area contributed by atoms with E-state index < -0.39 is 6.09 Å². The number of primary amides is 1. The Hall–Kier alpha value is -0.770. The summed E-state index contributed by atoms with van der Waals surface area (Å²) in [5.41, 5.74) is 4.82.